The number of halogens is 2. The van der Waals surface area contributed by atoms with Crippen LogP contribution in [0.4, 0.5) is 10.2 Å². The van der Waals surface area contributed by atoms with E-state index in [4.69, 9.17) is 11.6 Å². The van der Waals surface area contributed by atoms with Crippen molar-refractivity contribution < 1.29 is 4.39 Å². The quantitative estimate of drug-likeness (QED) is 0.854. The van der Waals surface area contributed by atoms with Crippen molar-refractivity contribution in [2.45, 2.75) is 19.4 Å². The Morgan fingerprint density at radius 1 is 1.33 bits per heavy atom. The van der Waals surface area contributed by atoms with Crippen molar-refractivity contribution in [1.29, 1.82) is 0 Å². The molecule has 5 heteroatoms. The van der Waals surface area contributed by atoms with Gasteiger partial charge in [0.1, 0.15) is 16.8 Å². The molecule has 0 spiro atoms. The summed E-state index contributed by atoms with van der Waals surface area (Å²) < 4.78 is 12.8. The standard InChI is InChI=1S/C13H13ClFN3/c1-2-10(11-7-6-9(15)8-16-11)17-13-5-3-4-12(14)18-13/h3-8,10H,2H2,1H3,(H,17,18). The average Bonchev–Trinajstić information content (AvgIpc) is 2.37. The third-order valence-corrected chi connectivity index (χ3v) is 2.76. The van der Waals surface area contributed by atoms with Crippen molar-refractivity contribution in [3.8, 4) is 0 Å². The molecule has 1 unspecified atom stereocenters. The second kappa shape index (κ2) is 5.78. The lowest BCUT2D eigenvalue weighted by molar-refractivity contribution is 0.614. The number of pyridine rings is 2. The predicted octanol–water partition coefficient (Wildman–Crippen LogP) is 3.83. The number of rotatable bonds is 4. The van der Waals surface area contributed by atoms with Gasteiger partial charge in [-0.2, -0.15) is 0 Å². The first-order valence-corrected chi connectivity index (χ1v) is 6.07. The smallest absolute Gasteiger partial charge is 0.141 e. The maximum absolute atomic E-state index is 12.8. The van der Waals surface area contributed by atoms with Crippen LogP contribution in [0.25, 0.3) is 0 Å². The van der Waals surface area contributed by atoms with Crippen LogP contribution in [0.1, 0.15) is 25.1 Å². The van der Waals surface area contributed by atoms with E-state index in [1.807, 2.05) is 19.1 Å². The molecule has 3 nitrogen and oxygen atoms in total. The molecule has 0 fully saturated rings. The number of nitrogens with zero attached hydrogens (tertiary/aromatic N) is 2. The molecule has 0 bridgehead atoms. The van der Waals surface area contributed by atoms with Crippen molar-refractivity contribution in [3.63, 3.8) is 0 Å². The Morgan fingerprint density at radius 3 is 2.78 bits per heavy atom. The number of anilines is 1. The summed E-state index contributed by atoms with van der Waals surface area (Å²) in [7, 11) is 0. The lowest BCUT2D eigenvalue weighted by Crippen LogP contribution is -2.12. The Bertz CT molecular complexity index is 516. The van der Waals surface area contributed by atoms with E-state index in [-0.39, 0.29) is 11.9 Å². The first kappa shape index (κ1) is 12.8. The molecule has 2 aromatic rings. The highest BCUT2D eigenvalue weighted by molar-refractivity contribution is 6.29. The van der Waals surface area contributed by atoms with Crippen LogP contribution < -0.4 is 5.32 Å². The predicted molar refractivity (Wildman–Crippen MR) is 70.1 cm³/mol. The Morgan fingerprint density at radius 2 is 2.17 bits per heavy atom. The van der Waals surface area contributed by atoms with Crippen molar-refractivity contribution in [1.82, 2.24) is 9.97 Å². The van der Waals surface area contributed by atoms with E-state index in [1.165, 1.54) is 12.3 Å². The van der Waals surface area contributed by atoms with Crippen LogP contribution >= 0.6 is 11.6 Å². The zero-order valence-electron chi connectivity index (χ0n) is 9.90. The monoisotopic (exact) mass is 265 g/mol. The van der Waals surface area contributed by atoms with Gasteiger partial charge in [-0.3, -0.25) is 4.98 Å². The van der Waals surface area contributed by atoms with E-state index in [0.29, 0.717) is 11.0 Å². The van der Waals surface area contributed by atoms with E-state index in [9.17, 15) is 4.39 Å². The number of nitrogens with one attached hydrogen (secondary N) is 1. The zero-order valence-corrected chi connectivity index (χ0v) is 10.7. The Balaban J connectivity index is 2.17. The van der Waals surface area contributed by atoms with Crippen molar-refractivity contribution in [2.24, 2.45) is 0 Å². The van der Waals surface area contributed by atoms with Crippen LogP contribution in [0.5, 0.6) is 0 Å². The van der Waals surface area contributed by atoms with Gasteiger partial charge in [0, 0.05) is 0 Å². The van der Waals surface area contributed by atoms with E-state index in [1.54, 1.807) is 12.1 Å². The lowest BCUT2D eigenvalue weighted by Gasteiger charge is -2.17. The second-order valence-electron chi connectivity index (χ2n) is 3.85. The highest BCUT2D eigenvalue weighted by atomic mass is 35.5. The third-order valence-electron chi connectivity index (χ3n) is 2.55. The van der Waals surface area contributed by atoms with Crippen LogP contribution in [0.15, 0.2) is 36.5 Å². The molecule has 0 radical (unpaired) electrons. The van der Waals surface area contributed by atoms with Gasteiger partial charge in [0.25, 0.3) is 0 Å². The first-order chi connectivity index (χ1) is 8.69. The van der Waals surface area contributed by atoms with Crippen LogP contribution in [-0.4, -0.2) is 9.97 Å². The molecule has 0 aromatic carbocycles. The average molecular weight is 266 g/mol. The molecular weight excluding hydrogens is 253 g/mol. The zero-order chi connectivity index (χ0) is 13.0. The molecule has 0 saturated carbocycles. The molecule has 0 aliphatic heterocycles. The van der Waals surface area contributed by atoms with Gasteiger partial charge in [-0.05, 0) is 30.7 Å². The first-order valence-electron chi connectivity index (χ1n) is 5.69. The van der Waals surface area contributed by atoms with Gasteiger partial charge in [0.15, 0.2) is 0 Å². The highest BCUT2D eigenvalue weighted by Gasteiger charge is 2.11. The van der Waals surface area contributed by atoms with Gasteiger partial charge >= 0.3 is 0 Å². The second-order valence-corrected chi connectivity index (χ2v) is 4.24. The molecule has 2 rings (SSSR count). The fourth-order valence-corrected chi connectivity index (χ4v) is 1.81. The molecule has 0 amide bonds. The summed E-state index contributed by atoms with van der Waals surface area (Å²) >= 11 is 5.82. The van der Waals surface area contributed by atoms with E-state index in [0.717, 1.165) is 12.1 Å². The Kier molecular flexibility index (Phi) is 4.10. The van der Waals surface area contributed by atoms with E-state index >= 15 is 0 Å². The summed E-state index contributed by atoms with van der Waals surface area (Å²) in [5, 5.41) is 3.66. The molecule has 0 aliphatic carbocycles. The molecular formula is C13H13ClFN3. The van der Waals surface area contributed by atoms with Gasteiger partial charge in [0.05, 0.1) is 17.9 Å². The molecule has 1 atom stereocenters. The molecule has 1 N–H and O–H groups in total. The minimum atomic E-state index is -0.338. The highest BCUT2D eigenvalue weighted by Crippen LogP contribution is 2.20. The van der Waals surface area contributed by atoms with E-state index < -0.39 is 0 Å². The maximum Gasteiger partial charge on any atom is 0.141 e. The normalized spacial score (nSPS) is 12.2. The maximum atomic E-state index is 12.8. The lowest BCUT2D eigenvalue weighted by atomic mass is 10.1. The van der Waals surface area contributed by atoms with Crippen LogP contribution in [-0.2, 0) is 0 Å². The number of aromatic nitrogens is 2. The molecule has 94 valence electrons. The molecule has 2 aromatic heterocycles. The molecule has 0 saturated heterocycles. The number of hydrogen-bond donors (Lipinski definition) is 1. The van der Waals surface area contributed by atoms with Crippen molar-refractivity contribution in [2.75, 3.05) is 5.32 Å². The van der Waals surface area contributed by atoms with Crippen molar-refractivity contribution >= 4 is 17.4 Å². The molecule has 2 heterocycles. The Labute approximate surface area is 110 Å². The summed E-state index contributed by atoms with van der Waals surface area (Å²) in [5.74, 6) is 0.343. The molecule has 18 heavy (non-hydrogen) atoms. The topological polar surface area (TPSA) is 37.8 Å². The fraction of sp³-hybridized carbons (Fsp3) is 0.231. The largest absolute Gasteiger partial charge is 0.362 e. The third kappa shape index (κ3) is 3.17. The SMILES string of the molecule is CCC(Nc1cccc(Cl)n1)c1ccc(F)cn1. The van der Waals surface area contributed by atoms with Crippen molar-refractivity contribution in [3.05, 3.63) is 53.2 Å². The minimum Gasteiger partial charge on any atom is -0.362 e. The number of hydrogen-bond acceptors (Lipinski definition) is 3. The molecule has 0 aliphatic rings. The van der Waals surface area contributed by atoms with Crippen LogP contribution in [0.2, 0.25) is 5.15 Å². The van der Waals surface area contributed by atoms with Crippen LogP contribution in [0, 0.1) is 5.82 Å². The summed E-state index contributed by atoms with van der Waals surface area (Å²) in [6, 6.07) is 8.42. The van der Waals surface area contributed by atoms with Gasteiger partial charge < -0.3 is 5.32 Å². The fourth-order valence-electron chi connectivity index (χ4n) is 1.65. The summed E-state index contributed by atoms with van der Waals surface area (Å²) in [6.45, 7) is 2.02. The van der Waals surface area contributed by atoms with Gasteiger partial charge in [-0.15, -0.1) is 0 Å². The summed E-state index contributed by atoms with van der Waals surface area (Å²) in [4.78, 5) is 8.23. The van der Waals surface area contributed by atoms with Gasteiger partial charge in [-0.1, -0.05) is 24.6 Å². The minimum absolute atomic E-state index is 0.0171. The summed E-state index contributed by atoms with van der Waals surface area (Å²) in [5.41, 5.74) is 0.778. The van der Waals surface area contributed by atoms with Gasteiger partial charge in [-0.25, -0.2) is 9.37 Å². The van der Waals surface area contributed by atoms with Crippen LogP contribution in [0.3, 0.4) is 0 Å². The van der Waals surface area contributed by atoms with E-state index in [2.05, 4.69) is 15.3 Å². The van der Waals surface area contributed by atoms with Gasteiger partial charge in [0.2, 0.25) is 0 Å². The Hall–Kier alpha value is -1.68. The summed E-state index contributed by atoms with van der Waals surface area (Å²) in [6.07, 6.45) is 2.03.